The topological polar surface area (TPSA) is 78.6 Å². The zero-order valence-corrected chi connectivity index (χ0v) is 9.99. The molecule has 3 rings (SSSR count). The summed E-state index contributed by atoms with van der Waals surface area (Å²) >= 11 is 0. The first-order valence-corrected chi connectivity index (χ1v) is 5.94. The first kappa shape index (κ1) is 11.0. The molecule has 0 atom stereocenters. The molecule has 1 aliphatic rings. The standard InChI is InChI=1S/C13H13N3O2/c1-7-9(6-17)12(10-4-5-14-16-10)15-11(7)13(18)8-2-3-8/h4-6,8,15H,2-3H2,1H3,(H,14,16). The molecule has 0 radical (unpaired) electrons. The second-order valence-electron chi connectivity index (χ2n) is 4.64. The fraction of sp³-hybridized carbons (Fsp3) is 0.308. The number of aldehydes is 1. The van der Waals surface area contributed by atoms with Gasteiger partial charge < -0.3 is 4.98 Å². The molecule has 1 fully saturated rings. The molecule has 0 spiro atoms. The largest absolute Gasteiger partial charge is 0.350 e. The molecule has 5 heteroatoms. The van der Waals surface area contributed by atoms with Gasteiger partial charge in [0.05, 0.1) is 17.1 Å². The number of H-pyrrole nitrogens is 2. The van der Waals surface area contributed by atoms with Crippen molar-refractivity contribution >= 4 is 12.1 Å². The molecular formula is C13H13N3O2. The van der Waals surface area contributed by atoms with Gasteiger partial charge >= 0.3 is 0 Å². The Bertz CT molecular complexity index is 606. The summed E-state index contributed by atoms with van der Waals surface area (Å²) < 4.78 is 0. The average Bonchev–Trinajstić information content (AvgIpc) is 2.97. The van der Waals surface area contributed by atoms with E-state index >= 15 is 0 Å². The minimum absolute atomic E-state index is 0.112. The highest BCUT2D eigenvalue weighted by Crippen LogP contribution is 2.35. The SMILES string of the molecule is Cc1c(C(=O)C2CC2)[nH]c(-c2ccn[nH]2)c1C=O. The molecule has 0 amide bonds. The molecule has 2 aromatic heterocycles. The highest BCUT2D eigenvalue weighted by molar-refractivity contribution is 6.03. The maximum atomic E-state index is 12.1. The van der Waals surface area contributed by atoms with E-state index in [4.69, 9.17) is 0 Å². The molecule has 0 saturated heterocycles. The Balaban J connectivity index is 2.12. The molecule has 0 aromatic carbocycles. The summed E-state index contributed by atoms with van der Waals surface area (Å²) in [6.45, 7) is 1.80. The smallest absolute Gasteiger partial charge is 0.182 e. The third kappa shape index (κ3) is 1.59. The van der Waals surface area contributed by atoms with Gasteiger partial charge in [0.1, 0.15) is 0 Å². The van der Waals surface area contributed by atoms with Gasteiger partial charge in [0, 0.05) is 17.7 Å². The lowest BCUT2D eigenvalue weighted by Gasteiger charge is -1.96. The van der Waals surface area contributed by atoms with Crippen molar-refractivity contribution in [2.24, 2.45) is 5.92 Å². The van der Waals surface area contributed by atoms with Gasteiger partial charge in [0.2, 0.25) is 0 Å². The molecule has 2 aromatic rings. The van der Waals surface area contributed by atoms with Crippen LogP contribution in [0.1, 0.15) is 39.3 Å². The summed E-state index contributed by atoms with van der Waals surface area (Å²) in [5.41, 5.74) is 3.18. The molecule has 0 aliphatic heterocycles. The van der Waals surface area contributed by atoms with Crippen LogP contribution in [0.5, 0.6) is 0 Å². The van der Waals surface area contributed by atoms with Gasteiger partial charge in [-0.2, -0.15) is 5.10 Å². The maximum absolute atomic E-state index is 12.1. The number of nitrogens with zero attached hydrogens (tertiary/aromatic N) is 1. The number of aromatic amines is 2. The predicted molar refractivity (Wildman–Crippen MR) is 65.6 cm³/mol. The number of hydrogen-bond acceptors (Lipinski definition) is 3. The van der Waals surface area contributed by atoms with Crippen LogP contribution in [0, 0.1) is 12.8 Å². The van der Waals surface area contributed by atoms with Crippen molar-refractivity contribution in [2.75, 3.05) is 0 Å². The van der Waals surface area contributed by atoms with Crippen LogP contribution in [-0.4, -0.2) is 27.3 Å². The molecule has 0 unspecified atom stereocenters. The number of rotatable bonds is 4. The first-order valence-electron chi connectivity index (χ1n) is 5.94. The Morgan fingerprint density at radius 3 is 2.83 bits per heavy atom. The molecule has 92 valence electrons. The maximum Gasteiger partial charge on any atom is 0.182 e. The molecule has 0 bridgehead atoms. The lowest BCUT2D eigenvalue weighted by molar-refractivity contribution is 0.0963. The van der Waals surface area contributed by atoms with E-state index in [1.54, 1.807) is 19.2 Å². The zero-order chi connectivity index (χ0) is 12.7. The monoisotopic (exact) mass is 243 g/mol. The Hall–Kier alpha value is -2.17. The van der Waals surface area contributed by atoms with Gasteiger partial charge in [0.25, 0.3) is 0 Å². The molecule has 1 saturated carbocycles. The van der Waals surface area contributed by atoms with Crippen LogP contribution in [0.3, 0.4) is 0 Å². The van der Waals surface area contributed by atoms with Crippen molar-refractivity contribution in [1.29, 1.82) is 0 Å². The van der Waals surface area contributed by atoms with Crippen LogP contribution >= 0.6 is 0 Å². The third-order valence-electron chi connectivity index (χ3n) is 3.38. The molecule has 2 heterocycles. The van der Waals surface area contributed by atoms with Crippen molar-refractivity contribution < 1.29 is 9.59 Å². The van der Waals surface area contributed by atoms with E-state index in [0.717, 1.165) is 30.4 Å². The predicted octanol–water partition coefficient (Wildman–Crippen LogP) is 2.12. The van der Waals surface area contributed by atoms with E-state index in [9.17, 15) is 9.59 Å². The molecule has 18 heavy (non-hydrogen) atoms. The fourth-order valence-electron chi connectivity index (χ4n) is 2.16. The summed E-state index contributed by atoms with van der Waals surface area (Å²) in [4.78, 5) is 26.4. The molecule has 5 nitrogen and oxygen atoms in total. The van der Waals surface area contributed by atoms with Crippen LogP contribution in [0.4, 0.5) is 0 Å². The fourth-order valence-corrected chi connectivity index (χ4v) is 2.16. The minimum Gasteiger partial charge on any atom is -0.350 e. The van der Waals surface area contributed by atoms with Crippen LogP contribution in [0.25, 0.3) is 11.4 Å². The Kier molecular flexibility index (Phi) is 2.40. The minimum atomic E-state index is 0.112. The highest BCUT2D eigenvalue weighted by Gasteiger charge is 2.33. The summed E-state index contributed by atoms with van der Waals surface area (Å²) in [5, 5.41) is 6.66. The van der Waals surface area contributed by atoms with Crippen molar-refractivity contribution in [1.82, 2.24) is 15.2 Å². The van der Waals surface area contributed by atoms with Gasteiger partial charge in [-0.15, -0.1) is 0 Å². The van der Waals surface area contributed by atoms with Gasteiger partial charge in [-0.1, -0.05) is 0 Å². The summed E-state index contributed by atoms with van der Waals surface area (Å²) in [6, 6.07) is 1.77. The molecular weight excluding hydrogens is 230 g/mol. The Labute approximate surface area is 104 Å². The van der Waals surface area contributed by atoms with E-state index in [2.05, 4.69) is 15.2 Å². The van der Waals surface area contributed by atoms with Crippen LogP contribution < -0.4 is 0 Å². The van der Waals surface area contributed by atoms with Gasteiger partial charge in [-0.05, 0) is 31.4 Å². The zero-order valence-electron chi connectivity index (χ0n) is 9.99. The number of aromatic nitrogens is 3. The lowest BCUT2D eigenvalue weighted by atomic mass is 10.1. The first-order chi connectivity index (χ1) is 8.72. The Morgan fingerprint density at radius 1 is 1.50 bits per heavy atom. The number of hydrogen-bond donors (Lipinski definition) is 2. The average molecular weight is 243 g/mol. The quantitative estimate of drug-likeness (QED) is 0.637. The third-order valence-corrected chi connectivity index (χ3v) is 3.38. The van der Waals surface area contributed by atoms with Crippen molar-refractivity contribution in [3.8, 4) is 11.4 Å². The number of carbonyl (C=O) groups excluding carboxylic acids is 2. The van der Waals surface area contributed by atoms with Crippen molar-refractivity contribution in [2.45, 2.75) is 19.8 Å². The number of nitrogens with one attached hydrogen (secondary N) is 2. The van der Waals surface area contributed by atoms with E-state index in [1.165, 1.54) is 0 Å². The van der Waals surface area contributed by atoms with Crippen LogP contribution in [0.2, 0.25) is 0 Å². The highest BCUT2D eigenvalue weighted by atomic mass is 16.1. The van der Waals surface area contributed by atoms with Crippen molar-refractivity contribution in [3.05, 3.63) is 29.1 Å². The summed E-state index contributed by atoms with van der Waals surface area (Å²) in [7, 11) is 0. The van der Waals surface area contributed by atoms with Gasteiger partial charge in [-0.25, -0.2) is 0 Å². The van der Waals surface area contributed by atoms with E-state index in [1.807, 2.05) is 0 Å². The normalized spacial score (nSPS) is 14.7. The second-order valence-corrected chi connectivity index (χ2v) is 4.64. The van der Waals surface area contributed by atoms with Crippen LogP contribution in [0.15, 0.2) is 12.3 Å². The Morgan fingerprint density at radius 2 is 2.28 bits per heavy atom. The van der Waals surface area contributed by atoms with E-state index in [0.29, 0.717) is 17.0 Å². The number of Topliss-reactive ketones (excluding diaryl/α,β-unsaturated/α-hetero) is 1. The molecule has 2 N–H and O–H groups in total. The van der Waals surface area contributed by atoms with E-state index < -0.39 is 0 Å². The number of ketones is 1. The lowest BCUT2D eigenvalue weighted by Crippen LogP contribution is -2.03. The molecule has 1 aliphatic carbocycles. The van der Waals surface area contributed by atoms with Gasteiger partial charge in [-0.3, -0.25) is 14.7 Å². The summed E-state index contributed by atoms with van der Waals surface area (Å²) in [5.74, 6) is 0.248. The van der Waals surface area contributed by atoms with Gasteiger partial charge in [0.15, 0.2) is 12.1 Å². The van der Waals surface area contributed by atoms with Crippen molar-refractivity contribution in [3.63, 3.8) is 0 Å². The van der Waals surface area contributed by atoms with Crippen LogP contribution in [-0.2, 0) is 0 Å². The summed E-state index contributed by atoms with van der Waals surface area (Å²) in [6.07, 6.45) is 4.30. The number of carbonyl (C=O) groups is 2. The second kappa shape index (κ2) is 3.94. The van der Waals surface area contributed by atoms with E-state index in [-0.39, 0.29) is 11.7 Å².